The SMILES string of the molecule is CCP(=O)(CC)OCCCCO. The minimum Gasteiger partial charge on any atom is -0.396 e. The van der Waals surface area contributed by atoms with Gasteiger partial charge in [0.2, 0.25) is 7.37 Å². The first-order chi connectivity index (χ1) is 5.68. The molecule has 12 heavy (non-hydrogen) atoms. The van der Waals surface area contributed by atoms with Gasteiger partial charge in [0.15, 0.2) is 0 Å². The van der Waals surface area contributed by atoms with Gasteiger partial charge in [0.05, 0.1) is 6.61 Å². The Balaban J connectivity index is 3.52. The van der Waals surface area contributed by atoms with Crippen LogP contribution in [0.2, 0.25) is 0 Å². The van der Waals surface area contributed by atoms with Crippen molar-refractivity contribution in [1.82, 2.24) is 0 Å². The Kier molecular flexibility index (Phi) is 6.73. The first-order valence-electron chi connectivity index (χ1n) is 4.52. The smallest absolute Gasteiger partial charge is 0.202 e. The molecular formula is C8H19O3P. The first-order valence-corrected chi connectivity index (χ1v) is 6.51. The third-order valence-electron chi connectivity index (χ3n) is 1.84. The Morgan fingerprint density at radius 2 is 1.83 bits per heavy atom. The van der Waals surface area contributed by atoms with Crippen LogP contribution in [-0.2, 0) is 9.09 Å². The van der Waals surface area contributed by atoms with Crippen molar-refractivity contribution >= 4 is 7.37 Å². The van der Waals surface area contributed by atoms with E-state index in [0.717, 1.165) is 12.8 Å². The fraction of sp³-hybridized carbons (Fsp3) is 1.00. The van der Waals surface area contributed by atoms with Crippen molar-refractivity contribution in [2.45, 2.75) is 26.7 Å². The number of hydrogen-bond donors (Lipinski definition) is 1. The summed E-state index contributed by atoms with van der Waals surface area (Å²) in [5.41, 5.74) is 0. The van der Waals surface area contributed by atoms with Gasteiger partial charge in [0, 0.05) is 18.9 Å². The average Bonchev–Trinajstić information content (AvgIpc) is 2.12. The van der Waals surface area contributed by atoms with Gasteiger partial charge in [-0.15, -0.1) is 0 Å². The molecule has 0 aromatic carbocycles. The number of aliphatic hydroxyl groups is 1. The number of hydrogen-bond acceptors (Lipinski definition) is 3. The summed E-state index contributed by atoms with van der Waals surface area (Å²) in [4.78, 5) is 0. The zero-order valence-electron chi connectivity index (χ0n) is 7.95. The molecule has 0 aliphatic carbocycles. The van der Waals surface area contributed by atoms with E-state index in [-0.39, 0.29) is 6.61 Å². The fourth-order valence-electron chi connectivity index (χ4n) is 0.851. The van der Waals surface area contributed by atoms with Crippen molar-refractivity contribution in [3.63, 3.8) is 0 Å². The molecular weight excluding hydrogens is 175 g/mol. The maximum Gasteiger partial charge on any atom is 0.202 e. The van der Waals surface area contributed by atoms with Gasteiger partial charge < -0.3 is 9.63 Å². The van der Waals surface area contributed by atoms with Gasteiger partial charge in [-0.05, 0) is 12.8 Å². The predicted molar refractivity (Wildman–Crippen MR) is 51.0 cm³/mol. The van der Waals surface area contributed by atoms with Crippen LogP contribution >= 0.6 is 7.37 Å². The topological polar surface area (TPSA) is 46.5 Å². The summed E-state index contributed by atoms with van der Waals surface area (Å²) in [5, 5.41) is 8.49. The first kappa shape index (κ1) is 12.2. The van der Waals surface area contributed by atoms with Crippen LogP contribution in [0, 0.1) is 0 Å². The monoisotopic (exact) mass is 194 g/mol. The molecule has 0 bridgehead atoms. The molecule has 1 N–H and O–H groups in total. The quantitative estimate of drug-likeness (QED) is 0.498. The lowest BCUT2D eigenvalue weighted by atomic mass is 10.3. The highest BCUT2D eigenvalue weighted by Crippen LogP contribution is 2.45. The molecule has 0 spiro atoms. The molecule has 0 aliphatic rings. The average molecular weight is 194 g/mol. The lowest BCUT2D eigenvalue weighted by Gasteiger charge is -2.14. The van der Waals surface area contributed by atoms with Crippen molar-refractivity contribution in [2.24, 2.45) is 0 Å². The van der Waals surface area contributed by atoms with Gasteiger partial charge in [-0.1, -0.05) is 13.8 Å². The standard InChI is InChI=1S/C8H19O3P/c1-3-12(10,4-2)11-8-6-5-7-9/h9H,3-8H2,1-2H3. The van der Waals surface area contributed by atoms with Crippen molar-refractivity contribution < 1.29 is 14.2 Å². The van der Waals surface area contributed by atoms with Crippen LogP contribution in [-0.4, -0.2) is 30.6 Å². The van der Waals surface area contributed by atoms with E-state index in [9.17, 15) is 4.57 Å². The Bertz CT molecular complexity index is 139. The van der Waals surface area contributed by atoms with Crippen LogP contribution in [0.1, 0.15) is 26.7 Å². The van der Waals surface area contributed by atoms with Crippen LogP contribution in [0.3, 0.4) is 0 Å². The van der Waals surface area contributed by atoms with E-state index in [0.29, 0.717) is 18.9 Å². The highest BCUT2D eigenvalue weighted by atomic mass is 31.2. The zero-order valence-corrected chi connectivity index (χ0v) is 8.85. The Morgan fingerprint density at radius 3 is 2.25 bits per heavy atom. The van der Waals surface area contributed by atoms with E-state index in [1.807, 2.05) is 13.8 Å². The summed E-state index contributed by atoms with van der Waals surface area (Å²) in [5.74, 6) is 0. The zero-order chi connectivity index (χ0) is 9.45. The summed E-state index contributed by atoms with van der Waals surface area (Å²) in [6.45, 7) is 4.47. The van der Waals surface area contributed by atoms with Crippen molar-refractivity contribution in [3.8, 4) is 0 Å². The van der Waals surface area contributed by atoms with Gasteiger partial charge >= 0.3 is 0 Å². The fourth-order valence-corrected chi connectivity index (χ4v) is 2.13. The molecule has 0 aliphatic heterocycles. The molecule has 0 atom stereocenters. The molecule has 0 heterocycles. The Morgan fingerprint density at radius 1 is 1.25 bits per heavy atom. The summed E-state index contributed by atoms with van der Waals surface area (Å²) in [7, 11) is -2.30. The molecule has 0 saturated carbocycles. The van der Waals surface area contributed by atoms with Crippen molar-refractivity contribution in [1.29, 1.82) is 0 Å². The van der Waals surface area contributed by atoms with Gasteiger partial charge in [-0.25, -0.2) is 0 Å². The van der Waals surface area contributed by atoms with Crippen LogP contribution in [0.25, 0.3) is 0 Å². The maximum atomic E-state index is 11.6. The van der Waals surface area contributed by atoms with Crippen LogP contribution in [0.4, 0.5) is 0 Å². The van der Waals surface area contributed by atoms with E-state index in [1.165, 1.54) is 0 Å². The molecule has 0 rings (SSSR count). The maximum absolute atomic E-state index is 11.6. The molecule has 4 heteroatoms. The van der Waals surface area contributed by atoms with E-state index in [1.54, 1.807) is 0 Å². The third kappa shape index (κ3) is 4.91. The van der Waals surface area contributed by atoms with Crippen LogP contribution in [0.5, 0.6) is 0 Å². The summed E-state index contributed by atoms with van der Waals surface area (Å²) in [6.07, 6.45) is 2.75. The van der Waals surface area contributed by atoms with E-state index < -0.39 is 7.37 Å². The highest BCUT2D eigenvalue weighted by Gasteiger charge is 2.16. The second kappa shape index (κ2) is 6.64. The lowest BCUT2D eigenvalue weighted by molar-refractivity contribution is 0.253. The second-order valence-corrected chi connectivity index (χ2v) is 5.86. The molecule has 0 unspecified atom stereocenters. The summed E-state index contributed by atoms with van der Waals surface area (Å²) < 4.78 is 16.9. The van der Waals surface area contributed by atoms with Gasteiger partial charge in [0.25, 0.3) is 0 Å². The van der Waals surface area contributed by atoms with Gasteiger partial charge in [0.1, 0.15) is 0 Å². The predicted octanol–water partition coefficient (Wildman–Crippen LogP) is 2.09. The molecule has 0 fully saturated rings. The Hall–Kier alpha value is 0.150. The minimum absolute atomic E-state index is 0.186. The minimum atomic E-state index is -2.30. The summed E-state index contributed by atoms with van der Waals surface area (Å²) >= 11 is 0. The number of unbranched alkanes of at least 4 members (excludes halogenated alkanes) is 1. The molecule has 0 aromatic heterocycles. The largest absolute Gasteiger partial charge is 0.396 e. The Labute approximate surface area is 74.6 Å². The van der Waals surface area contributed by atoms with Crippen molar-refractivity contribution in [2.75, 3.05) is 25.5 Å². The van der Waals surface area contributed by atoms with E-state index >= 15 is 0 Å². The molecule has 0 amide bonds. The third-order valence-corrected chi connectivity index (χ3v) is 4.42. The number of rotatable bonds is 7. The van der Waals surface area contributed by atoms with E-state index in [4.69, 9.17) is 9.63 Å². The number of aliphatic hydroxyl groups excluding tert-OH is 1. The molecule has 0 aromatic rings. The van der Waals surface area contributed by atoms with Crippen molar-refractivity contribution in [3.05, 3.63) is 0 Å². The van der Waals surface area contributed by atoms with E-state index in [2.05, 4.69) is 0 Å². The van der Waals surface area contributed by atoms with Crippen LogP contribution in [0.15, 0.2) is 0 Å². The van der Waals surface area contributed by atoms with Gasteiger partial charge in [-0.2, -0.15) is 0 Å². The van der Waals surface area contributed by atoms with Crippen LogP contribution < -0.4 is 0 Å². The molecule has 0 radical (unpaired) electrons. The highest BCUT2D eigenvalue weighted by molar-refractivity contribution is 7.58. The molecule has 74 valence electrons. The lowest BCUT2D eigenvalue weighted by Crippen LogP contribution is -1.98. The second-order valence-electron chi connectivity index (χ2n) is 2.71. The molecule has 3 nitrogen and oxygen atoms in total. The normalized spacial score (nSPS) is 11.9. The van der Waals surface area contributed by atoms with Gasteiger partial charge in [-0.3, -0.25) is 4.57 Å². The molecule has 0 saturated heterocycles. The summed E-state index contributed by atoms with van der Waals surface area (Å²) in [6, 6.07) is 0.